The lowest BCUT2D eigenvalue weighted by atomic mass is 10.1. The molecular weight excluding hydrogens is 202 g/mol. The Labute approximate surface area is 97.3 Å². The number of aliphatic hydroxyl groups is 1. The molecular formula is C13H21NO2. The van der Waals surface area contributed by atoms with Gasteiger partial charge in [0.2, 0.25) is 0 Å². The molecule has 1 atom stereocenters. The van der Waals surface area contributed by atoms with Crippen molar-refractivity contribution in [1.29, 1.82) is 0 Å². The molecule has 0 saturated carbocycles. The smallest absolute Gasteiger partial charge is 0.120 e. The SMILES string of the molecule is CCN(CC)c1ccc(C[C@@H](C)O)c(O)c1. The fourth-order valence-electron chi connectivity index (χ4n) is 1.83. The van der Waals surface area contributed by atoms with Crippen LogP contribution in [0.1, 0.15) is 26.3 Å². The minimum atomic E-state index is -0.426. The Balaban J connectivity index is 2.89. The summed E-state index contributed by atoms with van der Waals surface area (Å²) in [5.41, 5.74) is 1.82. The fraction of sp³-hybridized carbons (Fsp3) is 0.538. The number of nitrogens with zero attached hydrogens (tertiary/aromatic N) is 1. The van der Waals surface area contributed by atoms with Gasteiger partial charge in [0, 0.05) is 31.3 Å². The summed E-state index contributed by atoms with van der Waals surface area (Å²) in [6.45, 7) is 7.74. The lowest BCUT2D eigenvalue weighted by Crippen LogP contribution is -2.21. The van der Waals surface area contributed by atoms with Crippen molar-refractivity contribution in [1.82, 2.24) is 0 Å². The van der Waals surface area contributed by atoms with Crippen molar-refractivity contribution in [2.75, 3.05) is 18.0 Å². The molecule has 3 heteroatoms. The van der Waals surface area contributed by atoms with Crippen molar-refractivity contribution in [2.45, 2.75) is 33.3 Å². The first-order chi connectivity index (χ1) is 7.58. The fourth-order valence-corrected chi connectivity index (χ4v) is 1.83. The highest BCUT2D eigenvalue weighted by Gasteiger charge is 2.08. The average Bonchev–Trinajstić information content (AvgIpc) is 2.23. The largest absolute Gasteiger partial charge is 0.508 e. The zero-order valence-electron chi connectivity index (χ0n) is 10.3. The maximum absolute atomic E-state index is 9.84. The maximum atomic E-state index is 9.84. The van der Waals surface area contributed by atoms with E-state index >= 15 is 0 Å². The van der Waals surface area contributed by atoms with Gasteiger partial charge in [-0.15, -0.1) is 0 Å². The molecule has 1 aromatic carbocycles. The van der Waals surface area contributed by atoms with Crippen LogP contribution < -0.4 is 4.90 Å². The highest BCUT2D eigenvalue weighted by atomic mass is 16.3. The standard InChI is InChI=1S/C13H21NO2/c1-4-14(5-2)12-7-6-11(8-10(3)15)13(16)9-12/h6-7,9-10,15-16H,4-5,8H2,1-3H3/t10-/m1/s1. The van der Waals surface area contributed by atoms with Gasteiger partial charge >= 0.3 is 0 Å². The minimum absolute atomic E-state index is 0.269. The third kappa shape index (κ3) is 3.14. The molecule has 2 N–H and O–H groups in total. The monoisotopic (exact) mass is 223 g/mol. The molecule has 0 aromatic heterocycles. The van der Waals surface area contributed by atoms with Gasteiger partial charge < -0.3 is 15.1 Å². The highest BCUT2D eigenvalue weighted by molar-refractivity contribution is 5.53. The molecule has 0 spiro atoms. The third-order valence-electron chi connectivity index (χ3n) is 2.71. The van der Waals surface area contributed by atoms with E-state index in [0.717, 1.165) is 24.3 Å². The van der Waals surface area contributed by atoms with E-state index in [2.05, 4.69) is 18.7 Å². The van der Waals surface area contributed by atoms with Gasteiger partial charge in [-0.05, 0) is 32.4 Å². The Morgan fingerprint density at radius 3 is 2.31 bits per heavy atom. The molecule has 3 nitrogen and oxygen atoms in total. The normalized spacial score (nSPS) is 12.5. The number of aliphatic hydroxyl groups excluding tert-OH is 1. The van der Waals surface area contributed by atoms with E-state index in [1.165, 1.54) is 0 Å². The molecule has 0 heterocycles. The average molecular weight is 223 g/mol. The summed E-state index contributed by atoms with van der Waals surface area (Å²) in [4.78, 5) is 2.17. The summed E-state index contributed by atoms with van der Waals surface area (Å²) in [6, 6.07) is 5.64. The van der Waals surface area contributed by atoms with E-state index in [1.807, 2.05) is 12.1 Å². The molecule has 0 aliphatic heterocycles. The maximum Gasteiger partial charge on any atom is 0.120 e. The number of phenols is 1. The Hall–Kier alpha value is -1.22. The van der Waals surface area contributed by atoms with Gasteiger partial charge in [0.25, 0.3) is 0 Å². The first kappa shape index (κ1) is 12.8. The van der Waals surface area contributed by atoms with Crippen molar-refractivity contribution in [3.05, 3.63) is 23.8 Å². The quantitative estimate of drug-likeness (QED) is 0.804. The van der Waals surface area contributed by atoms with Gasteiger partial charge in [0.05, 0.1) is 6.10 Å². The number of hydrogen-bond acceptors (Lipinski definition) is 3. The lowest BCUT2D eigenvalue weighted by Gasteiger charge is -2.21. The van der Waals surface area contributed by atoms with E-state index in [9.17, 15) is 10.2 Å². The van der Waals surface area contributed by atoms with Gasteiger partial charge in [-0.25, -0.2) is 0 Å². The molecule has 0 fully saturated rings. The first-order valence-corrected chi connectivity index (χ1v) is 5.83. The Bertz CT molecular complexity index is 333. The molecule has 16 heavy (non-hydrogen) atoms. The molecule has 0 aliphatic rings. The van der Waals surface area contributed by atoms with E-state index in [-0.39, 0.29) is 5.75 Å². The number of hydrogen-bond donors (Lipinski definition) is 2. The van der Waals surface area contributed by atoms with E-state index in [4.69, 9.17) is 0 Å². The molecule has 0 aliphatic carbocycles. The molecule has 0 unspecified atom stereocenters. The van der Waals surface area contributed by atoms with Gasteiger partial charge in [-0.3, -0.25) is 0 Å². The number of benzene rings is 1. The molecule has 0 radical (unpaired) electrons. The summed E-state index contributed by atoms with van der Waals surface area (Å²) in [5.74, 6) is 0.269. The van der Waals surface area contributed by atoms with Crippen molar-refractivity contribution in [2.24, 2.45) is 0 Å². The topological polar surface area (TPSA) is 43.7 Å². The van der Waals surface area contributed by atoms with Crippen LogP contribution in [0.25, 0.3) is 0 Å². The van der Waals surface area contributed by atoms with Gasteiger partial charge in [0.1, 0.15) is 5.75 Å². The van der Waals surface area contributed by atoms with Crippen LogP contribution in [0.3, 0.4) is 0 Å². The zero-order valence-corrected chi connectivity index (χ0v) is 10.3. The molecule has 0 saturated heterocycles. The van der Waals surface area contributed by atoms with Crippen LogP contribution >= 0.6 is 0 Å². The van der Waals surface area contributed by atoms with Gasteiger partial charge in [-0.2, -0.15) is 0 Å². The second-order valence-corrected chi connectivity index (χ2v) is 4.04. The Morgan fingerprint density at radius 2 is 1.88 bits per heavy atom. The highest BCUT2D eigenvalue weighted by Crippen LogP contribution is 2.25. The first-order valence-electron chi connectivity index (χ1n) is 5.83. The second kappa shape index (κ2) is 5.75. The van der Waals surface area contributed by atoms with Crippen LogP contribution in [0.4, 0.5) is 5.69 Å². The van der Waals surface area contributed by atoms with Crippen LogP contribution in [0, 0.1) is 0 Å². The van der Waals surface area contributed by atoms with Crippen LogP contribution in [0.15, 0.2) is 18.2 Å². The van der Waals surface area contributed by atoms with Crippen molar-refractivity contribution in [3.8, 4) is 5.75 Å². The molecule has 90 valence electrons. The lowest BCUT2D eigenvalue weighted by molar-refractivity contribution is 0.194. The van der Waals surface area contributed by atoms with E-state index in [0.29, 0.717) is 6.42 Å². The Morgan fingerprint density at radius 1 is 1.25 bits per heavy atom. The van der Waals surface area contributed by atoms with Crippen molar-refractivity contribution < 1.29 is 10.2 Å². The van der Waals surface area contributed by atoms with Crippen molar-refractivity contribution in [3.63, 3.8) is 0 Å². The second-order valence-electron chi connectivity index (χ2n) is 4.04. The Kier molecular flexibility index (Phi) is 4.62. The number of aromatic hydroxyl groups is 1. The number of phenolic OH excluding ortho intramolecular Hbond substituents is 1. The molecule has 0 amide bonds. The summed E-state index contributed by atoms with van der Waals surface area (Å²) in [5, 5.41) is 19.1. The minimum Gasteiger partial charge on any atom is -0.508 e. The van der Waals surface area contributed by atoms with Crippen molar-refractivity contribution >= 4 is 5.69 Å². The predicted octanol–water partition coefficient (Wildman–Crippen LogP) is 2.16. The van der Waals surface area contributed by atoms with E-state index < -0.39 is 6.10 Å². The van der Waals surface area contributed by atoms with Crippen LogP contribution in [-0.4, -0.2) is 29.4 Å². The van der Waals surface area contributed by atoms with Gasteiger partial charge in [0.15, 0.2) is 0 Å². The molecule has 0 bridgehead atoms. The summed E-state index contributed by atoms with van der Waals surface area (Å²) in [7, 11) is 0. The molecule has 1 aromatic rings. The third-order valence-corrected chi connectivity index (χ3v) is 2.71. The summed E-state index contributed by atoms with van der Waals surface area (Å²) >= 11 is 0. The molecule has 1 rings (SSSR count). The number of rotatable bonds is 5. The van der Waals surface area contributed by atoms with Gasteiger partial charge in [-0.1, -0.05) is 6.07 Å². The van der Waals surface area contributed by atoms with Crippen LogP contribution in [-0.2, 0) is 6.42 Å². The summed E-state index contributed by atoms with van der Waals surface area (Å²) < 4.78 is 0. The predicted molar refractivity (Wildman–Crippen MR) is 67.1 cm³/mol. The number of anilines is 1. The van der Waals surface area contributed by atoms with Crippen LogP contribution in [0.2, 0.25) is 0 Å². The summed E-state index contributed by atoms with van der Waals surface area (Å²) in [6.07, 6.45) is 0.0647. The van der Waals surface area contributed by atoms with Crippen LogP contribution in [0.5, 0.6) is 5.75 Å². The van der Waals surface area contributed by atoms with E-state index in [1.54, 1.807) is 13.0 Å². The zero-order chi connectivity index (χ0) is 12.1.